The minimum Gasteiger partial charge on any atom is -0.354 e. The number of carbonyl (C=O) groups excluding carboxylic acids is 2. The van der Waals surface area contributed by atoms with Gasteiger partial charge in [0.2, 0.25) is 21.8 Å². The van der Waals surface area contributed by atoms with Crippen LogP contribution in [0.1, 0.15) is 35.6 Å². The standard InChI is InChI=1S/C30H36ClN3O4S/c1-5-17-32-30(36)28(19-24-11-7-6-8-12-24)33(20-25-13-9-10-14-26(25)31)29(35)21-34(39(4,37)38)27-18-22(2)15-16-23(27)3/h6-16,18,28H,5,17,19-21H2,1-4H3,(H,32,36)/t28-/m1/s1. The highest BCUT2D eigenvalue weighted by molar-refractivity contribution is 7.92. The van der Waals surface area contributed by atoms with Crippen LogP contribution in [-0.4, -0.2) is 50.5 Å². The first kappa shape index (κ1) is 30.2. The third-order valence-corrected chi connectivity index (χ3v) is 7.93. The summed E-state index contributed by atoms with van der Waals surface area (Å²) >= 11 is 6.47. The van der Waals surface area contributed by atoms with E-state index in [9.17, 15) is 18.0 Å². The van der Waals surface area contributed by atoms with Gasteiger partial charge in [-0.15, -0.1) is 0 Å². The van der Waals surface area contributed by atoms with Crippen LogP contribution in [0.4, 0.5) is 5.69 Å². The van der Waals surface area contributed by atoms with Crippen molar-refractivity contribution >= 4 is 39.1 Å². The number of sulfonamides is 1. The smallest absolute Gasteiger partial charge is 0.244 e. The number of carbonyl (C=O) groups is 2. The fourth-order valence-corrected chi connectivity index (χ4v) is 5.41. The van der Waals surface area contributed by atoms with Gasteiger partial charge in [-0.3, -0.25) is 13.9 Å². The Hall–Kier alpha value is -3.36. The molecule has 7 nitrogen and oxygen atoms in total. The molecule has 0 spiro atoms. The quantitative estimate of drug-likeness (QED) is 0.336. The molecule has 0 aliphatic heterocycles. The molecule has 3 rings (SSSR count). The molecule has 3 aromatic rings. The van der Waals surface area contributed by atoms with Crippen molar-refractivity contribution in [2.45, 2.75) is 46.2 Å². The minimum atomic E-state index is -3.83. The summed E-state index contributed by atoms with van der Waals surface area (Å²) in [6.45, 7) is 5.65. The first-order chi connectivity index (χ1) is 18.5. The van der Waals surface area contributed by atoms with Gasteiger partial charge in [-0.05, 0) is 54.7 Å². The average Bonchev–Trinajstić information content (AvgIpc) is 2.90. The fourth-order valence-electron chi connectivity index (χ4n) is 4.31. The monoisotopic (exact) mass is 569 g/mol. The number of hydrogen-bond acceptors (Lipinski definition) is 4. The van der Waals surface area contributed by atoms with E-state index in [4.69, 9.17) is 11.6 Å². The van der Waals surface area contributed by atoms with E-state index in [0.29, 0.717) is 22.8 Å². The normalized spacial score (nSPS) is 12.0. The lowest BCUT2D eigenvalue weighted by Crippen LogP contribution is -2.53. The summed E-state index contributed by atoms with van der Waals surface area (Å²) in [6, 6.07) is 21.1. The molecule has 3 aromatic carbocycles. The minimum absolute atomic E-state index is 0.0416. The predicted molar refractivity (Wildman–Crippen MR) is 157 cm³/mol. The molecule has 0 unspecified atom stereocenters. The van der Waals surface area contributed by atoms with Crippen LogP contribution >= 0.6 is 11.6 Å². The van der Waals surface area contributed by atoms with Crippen LogP contribution in [0.5, 0.6) is 0 Å². The van der Waals surface area contributed by atoms with Gasteiger partial charge in [0.1, 0.15) is 12.6 Å². The van der Waals surface area contributed by atoms with E-state index in [2.05, 4.69) is 5.32 Å². The molecule has 208 valence electrons. The van der Waals surface area contributed by atoms with Crippen molar-refractivity contribution in [1.29, 1.82) is 0 Å². The van der Waals surface area contributed by atoms with E-state index >= 15 is 0 Å². The number of anilines is 1. The maximum Gasteiger partial charge on any atom is 0.244 e. The van der Waals surface area contributed by atoms with E-state index in [1.54, 1.807) is 31.2 Å². The van der Waals surface area contributed by atoms with E-state index in [0.717, 1.165) is 33.7 Å². The van der Waals surface area contributed by atoms with Crippen molar-refractivity contribution in [3.63, 3.8) is 0 Å². The fraction of sp³-hybridized carbons (Fsp3) is 0.333. The molecule has 0 aliphatic rings. The number of hydrogen-bond donors (Lipinski definition) is 1. The first-order valence-corrected chi connectivity index (χ1v) is 15.1. The van der Waals surface area contributed by atoms with Crippen molar-refractivity contribution in [3.8, 4) is 0 Å². The zero-order chi connectivity index (χ0) is 28.6. The van der Waals surface area contributed by atoms with Crippen molar-refractivity contribution in [1.82, 2.24) is 10.2 Å². The Kier molecular flexibility index (Phi) is 10.5. The van der Waals surface area contributed by atoms with Gasteiger partial charge in [0.15, 0.2) is 0 Å². The summed E-state index contributed by atoms with van der Waals surface area (Å²) < 4.78 is 27.0. The summed E-state index contributed by atoms with van der Waals surface area (Å²) in [7, 11) is -3.83. The van der Waals surface area contributed by atoms with Crippen LogP contribution in [0.25, 0.3) is 0 Å². The number of halogens is 1. The highest BCUT2D eigenvalue weighted by atomic mass is 35.5. The topological polar surface area (TPSA) is 86.8 Å². The third kappa shape index (κ3) is 8.31. The number of nitrogens with zero attached hydrogens (tertiary/aromatic N) is 2. The predicted octanol–water partition coefficient (Wildman–Crippen LogP) is 4.89. The van der Waals surface area contributed by atoms with Crippen molar-refractivity contribution in [3.05, 3.63) is 100 Å². The maximum absolute atomic E-state index is 14.1. The molecule has 1 N–H and O–H groups in total. The van der Waals surface area contributed by atoms with Crippen LogP contribution in [0.2, 0.25) is 5.02 Å². The summed E-state index contributed by atoms with van der Waals surface area (Å²) in [6.07, 6.45) is 2.07. The zero-order valence-electron chi connectivity index (χ0n) is 22.9. The lowest BCUT2D eigenvalue weighted by Gasteiger charge is -2.34. The molecular formula is C30H36ClN3O4S. The molecule has 0 saturated carbocycles. The molecule has 1 atom stereocenters. The Morgan fingerprint density at radius 2 is 1.64 bits per heavy atom. The summed E-state index contributed by atoms with van der Waals surface area (Å²) in [5.74, 6) is -0.812. The number of benzene rings is 3. The second-order valence-corrected chi connectivity index (χ2v) is 12.0. The number of amides is 2. The molecule has 0 aliphatic carbocycles. The maximum atomic E-state index is 14.1. The summed E-state index contributed by atoms with van der Waals surface area (Å²) in [5, 5.41) is 3.38. The van der Waals surface area contributed by atoms with Gasteiger partial charge in [-0.25, -0.2) is 8.42 Å². The SMILES string of the molecule is CCCNC(=O)[C@@H](Cc1ccccc1)N(Cc1ccccc1Cl)C(=O)CN(c1cc(C)ccc1C)S(C)(=O)=O. The molecule has 0 heterocycles. The van der Waals surface area contributed by atoms with Crippen LogP contribution in [0.15, 0.2) is 72.8 Å². The van der Waals surface area contributed by atoms with Crippen LogP contribution in [0.3, 0.4) is 0 Å². The molecule has 2 amide bonds. The molecule has 0 fully saturated rings. The second-order valence-electron chi connectivity index (χ2n) is 9.67. The van der Waals surface area contributed by atoms with Crippen molar-refractivity contribution < 1.29 is 18.0 Å². The van der Waals surface area contributed by atoms with Crippen LogP contribution < -0.4 is 9.62 Å². The van der Waals surface area contributed by atoms with E-state index in [1.807, 2.05) is 62.4 Å². The van der Waals surface area contributed by atoms with E-state index in [-0.39, 0.29) is 18.9 Å². The Morgan fingerprint density at radius 3 is 2.28 bits per heavy atom. The van der Waals surface area contributed by atoms with Crippen LogP contribution in [0, 0.1) is 13.8 Å². The van der Waals surface area contributed by atoms with Crippen LogP contribution in [-0.2, 0) is 32.6 Å². The second kappa shape index (κ2) is 13.6. The molecule has 0 bridgehead atoms. The third-order valence-electron chi connectivity index (χ3n) is 6.43. The van der Waals surface area contributed by atoms with E-state index in [1.165, 1.54) is 4.90 Å². The molecular weight excluding hydrogens is 534 g/mol. The molecule has 0 aromatic heterocycles. The number of rotatable bonds is 12. The van der Waals surface area contributed by atoms with Crippen molar-refractivity contribution in [2.75, 3.05) is 23.7 Å². The van der Waals surface area contributed by atoms with Gasteiger partial charge in [-0.2, -0.15) is 0 Å². The van der Waals surface area contributed by atoms with Gasteiger partial charge >= 0.3 is 0 Å². The Morgan fingerprint density at radius 1 is 0.974 bits per heavy atom. The van der Waals surface area contributed by atoms with Gasteiger partial charge in [0, 0.05) is 24.5 Å². The lowest BCUT2D eigenvalue weighted by molar-refractivity contribution is -0.140. The average molecular weight is 570 g/mol. The van der Waals surface area contributed by atoms with Gasteiger partial charge < -0.3 is 10.2 Å². The number of aryl methyl sites for hydroxylation is 2. The number of nitrogens with one attached hydrogen (secondary N) is 1. The molecule has 9 heteroatoms. The van der Waals surface area contributed by atoms with Gasteiger partial charge in [0.25, 0.3) is 0 Å². The van der Waals surface area contributed by atoms with Gasteiger partial charge in [0.05, 0.1) is 11.9 Å². The first-order valence-electron chi connectivity index (χ1n) is 12.9. The molecule has 39 heavy (non-hydrogen) atoms. The zero-order valence-corrected chi connectivity index (χ0v) is 24.4. The Labute approximate surface area is 236 Å². The largest absolute Gasteiger partial charge is 0.354 e. The van der Waals surface area contributed by atoms with Gasteiger partial charge in [-0.1, -0.05) is 79.2 Å². The Balaban J connectivity index is 2.08. The van der Waals surface area contributed by atoms with Crippen molar-refractivity contribution in [2.24, 2.45) is 0 Å². The molecule has 0 saturated heterocycles. The lowest BCUT2D eigenvalue weighted by atomic mass is 10.0. The molecule has 0 radical (unpaired) electrons. The summed E-state index contributed by atoms with van der Waals surface area (Å²) in [4.78, 5) is 29.0. The highest BCUT2D eigenvalue weighted by Crippen LogP contribution is 2.26. The summed E-state index contributed by atoms with van der Waals surface area (Å²) in [5.41, 5.74) is 3.55. The van der Waals surface area contributed by atoms with E-state index < -0.39 is 28.5 Å². The highest BCUT2D eigenvalue weighted by Gasteiger charge is 2.33. The Bertz CT molecular complexity index is 1400.